The highest BCUT2D eigenvalue weighted by Gasteiger charge is 2.28. The Kier molecular flexibility index (Phi) is 3.71. The van der Waals surface area contributed by atoms with E-state index in [9.17, 15) is 4.79 Å². The lowest BCUT2D eigenvalue weighted by Crippen LogP contribution is -2.26. The van der Waals surface area contributed by atoms with E-state index in [1.54, 1.807) is 0 Å². The molecule has 1 fully saturated rings. The maximum Gasteiger partial charge on any atom is 0.136 e. The van der Waals surface area contributed by atoms with Crippen LogP contribution in [0.4, 0.5) is 0 Å². The number of carbonyl (C=O) groups is 1. The largest absolute Gasteiger partial charge is 0.299 e. The van der Waals surface area contributed by atoms with Gasteiger partial charge in [0.25, 0.3) is 0 Å². The number of nitrogens with zero attached hydrogens (tertiary/aromatic N) is 2. The molecule has 4 heteroatoms. The fourth-order valence-corrected chi connectivity index (χ4v) is 3.16. The molecule has 0 amide bonds. The van der Waals surface area contributed by atoms with Crippen molar-refractivity contribution in [1.29, 1.82) is 0 Å². The van der Waals surface area contributed by atoms with Crippen LogP contribution in [0.15, 0.2) is 4.47 Å². The van der Waals surface area contributed by atoms with Gasteiger partial charge < -0.3 is 0 Å². The maximum atomic E-state index is 11.9. The van der Waals surface area contributed by atoms with Crippen LogP contribution in [-0.2, 0) is 18.3 Å². The SMILES string of the molecule is Cc1nn(C)c(CC2CC(C)CCC2=O)c1Br. The van der Waals surface area contributed by atoms with E-state index >= 15 is 0 Å². The summed E-state index contributed by atoms with van der Waals surface area (Å²) in [6.45, 7) is 4.22. The average molecular weight is 299 g/mol. The van der Waals surface area contributed by atoms with E-state index in [1.165, 1.54) is 0 Å². The maximum absolute atomic E-state index is 11.9. The number of hydrogen-bond acceptors (Lipinski definition) is 2. The van der Waals surface area contributed by atoms with Crippen molar-refractivity contribution in [2.24, 2.45) is 18.9 Å². The third kappa shape index (κ3) is 2.62. The second-order valence-electron chi connectivity index (χ2n) is 5.22. The smallest absolute Gasteiger partial charge is 0.136 e. The zero-order valence-corrected chi connectivity index (χ0v) is 12.2. The van der Waals surface area contributed by atoms with Gasteiger partial charge in [0.15, 0.2) is 0 Å². The van der Waals surface area contributed by atoms with E-state index in [0.29, 0.717) is 11.7 Å². The summed E-state index contributed by atoms with van der Waals surface area (Å²) in [5, 5.41) is 4.38. The Balaban J connectivity index is 2.17. The third-order valence-corrected chi connectivity index (χ3v) is 4.76. The summed E-state index contributed by atoms with van der Waals surface area (Å²) >= 11 is 3.57. The van der Waals surface area contributed by atoms with Crippen LogP contribution in [0.1, 0.15) is 37.6 Å². The lowest BCUT2D eigenvalue weighted by Gasteiger charge is -2.25. The van der Waals surface area contributed by atoms with E-state index in [2.05, 4.69) is 28.0 Å². The first-order chi connectivity index (χ1) is 7.99. The number of aromatic nitrogens is 2. The molecule has 2 unspecified atom stereocenters. The molecule has 0 radical (unpaired) electrons. The molecule has 1 aliphatic rings. The molecule has 1 aliphatic carbocycles. The molecular weight excluding hydrogens is 280 g/mol. The summed E-state index contributed by atoms with van der Waals surface area (Å²) in [4.78, 5) is 11.9. The minimum absolute atomic E-state index is 0.185. The van der Waals surface area contributed by atoms with Crippen molar-refractivity contribution in [2.75, 3.05) is 0 Å². The molecule has 0 aromatic carbocycles. The fourth-order valence-electron chi connectivity index (χ4n) is 2.66. The molecule has 17 heavy (non-hydrogen) atoms. The van der Waals surface area contributed by atoms with Gasteiger partial charge in [0, 0.05) is 25.8 Å². The van der Waals surface area contributed by atoms with E-state index in [1.807, 2.05) is 18.7 Å². The summed E-state index contributed by atoms with van der Waals surface area (Å²) in [5.74, 6) is 1.28. The minimum atomic E-state index is 0.185. The molecule has 2 atom stereocenters. The Hall–Kier alpha value is -0.640. The molecule has 3 nitrogen and oxygen atoms in total. The monoisotopic (exact) mass is 298 g/mol. The number of halogens is 1. The highest BCUT2D eigenvalue weighted by molar-refractivity contribution is 9.10. The highest BCUT2D eigenvalue weighted by Crippen LogP contribution is 2.31. The molecule has 1 aromatic heterocycles. The van der Waals surface area contributed by atoms with Crippen molar-refractivity contribution in [3.05, 3.63) is 15.9 Å². The number of Topliss-reactive ketones (excluding diaryl/α,β-unsaturated/α-hetero) is 1. The van der Waals surface area contributed by atoms with E-state index in [4.69, 9.17) is 0 Å². The Bertz CT molecular complexity index is 439. The van der Waals surface area contributed by atoms with Gasteiger partial charge in [0.05, 0.1) is 15.9 Å². The predicted octanol–water partition coefficient (Wildman–Crippen LogP) is 3.04. The van der Waals surface area contributed by atoms with Gasteiger partial charge in [-0.05, 0) is 41.6 Å². The van der Waals surface area contributed by atoms with Crippen molar-refractivity contribution in [1.82, 2.24) is 9.78 Å². The van der Waals surface area contributed by atoms with Crippen LogP contribution in [0.3, 0.4) is 0 Å². The van der Waals surface area contributed by atoms with Crippen LogP contribution in [0.5, 0.6) is 0 Å². The minimum Gasteiger partial charge on any atom is -0.299 e. The average Bonchev–Trinajstić information content (AvgIpc) is 2.50. The normalized spacial score (nSPS) is 25.3. The first kappa shape index (κ1) is 12.8. The lowest BCUT2D eigenvalue weighted by atomic mass is 9.79. The second-order valence-corrected chi connectivity index (χ2v) is 6.01. The molecule has 1 heterocycles. The molecule has 1 saturated carbocycles. The van der Waals surface area contributed by atoms with Crippen LogP contribution in [0.2, 0.25) is 0 Å². The molecule has 1 aromatic rings. The van der Waals surface area contributed by atoms with Gasteiger partial charge in [-0.3, -0.25) is 9.48 Å². The summed E-state index contributed by atoms with van der Waals surface area (Å²) in [6.07, 6.45) is 3.65. The van der Waals surface area contributed by atoms with Gasteiger partial charge in [-0.1, -0.05) is 6.92 Å². The van der Waals surface area contributed by atoms with Crippen LogP contribution < -0.4 is 0 Å². The van der Waals surface area contributed by atoms with Crippen molar-refractivity contribution >= 4 is 21.7 Å². The van der Waals surface area contributed by atoms with E-state index < -0.39 is 0 Å². The molecule has 2 rings (SSSR count). The van der Waals surface area contributed by atoms with E-state index in [0.717, 1.165) is 41.5 Å². The second kappa shape index (κ2) is 4.92. The number of aryl methyl sites for hydroxylation is 2. The van der Waals surface area contributed by atoms with Gasteiger partial charge in [-0.25, -0.2) is 0 Å². The molecule has 0 N–H and O–H groups in total. The first-order valence-electron chi connectivity index (χ1n) is 6.19. The third-order valence-electron chi connectivity index (χ3n) is 3.73. The summed E-state index contributed by atoms with van der Waals surface area (Å²) in [7, 11) is 1.95. The van der Waals surface area contributed by atoms with E-state index in [-0.39, 0.29) is 5.92 Å². The number of hydrogen-bond donors (Lipinski definition) is 0. The van der Waals surface area contributed by atoms with Crippen LogP contribution in [0, 0.1) is 18.8 Å². The van der Waals surface area contributed by atoms with Crippen molar-refractivity contribution in [2.45, 2.75) is 39.5 Å². The van der Waals surface area contributed by atoms with Gasteiger partial charge in [0.1, 0.15) is 5.78 Å². The Morgan fingerprint density at radius 2 is 2.24 bits per heavy atom. The summed E-state index contributed by atoms with van der Waals surface area (Å²) in [5.41, 5.74) is 2.15. The predicted molar refractivity (Wildman–Crippen MR) is 70.9 cm³/mol. The fraction of sp³-hybridized carbons (Fsp3) is 0.692. The van der Waals surface area contributed by atoms with Crippen LogP contribution in [-0.4, -0.2) is 15.6 Å². The van der Waals surface area contributed by atoms with Gasteiger partial charge >= 0.3 is 0 Å². The Morgan fingerprint density at radius 3 is 2.82 bits per heavy atom. The molecule has 0 spiro atoms. The Labute approximate surface area is 111 Å². The zero-order chi connectivity index (χ0) is 12.6. The molecule has 0 saturated heterocycles. The quantitative estimate of drug-likeness (QED) is 0.841. The zero-order valence-electron chi connectivity index (χ0n) is 10.7. The molecular formula is C13H19BrN2O. The summed E-state index contributed by atoms with van der Waals surface area (Å²) in [6, 6.07) is 0. The van der Waals surface area contributed by atoms with Crippen LogP contribution >= 0.6 is 15.9 Å². The molecule has 94 valence electrons. The standard InChI is InChI=1S/C13H19BrN2O/c1-8-4-5-12(17)10(6-8)7-11-13(14)9(2)15-16(11)3/h8,10H,4-7H2,1-3H3. The Morgan fingerprint density at radius 1 is 1.53 bits per heavy atom. The number of rotatable bonds is 2. The highest BCUT2D eigenvalue weighted by atomic mass is 79.9. The number of ketones is 1. The van der Waals surface area contributed by atoms with Gasteiger partial charge in [-0.2, -0.15) is 5.10 Å². The first-order valence-corrected chi connectivity index (χ1v) is 6.99. The molecule has 0 bridgehead atoms. The topological polar surface area (TPSA) is 34.9 Å². The van der Waals surface area contributed by atoms with Crippen molar-refractivity contribution in [3.63, 3.8) is 0 Å². The van der Waals surface area contributed by atoms with Crippen molar-refractivity contribution in [3.8, 4) is 0 Å². The van der Waals surface area contributed by atoms with Gasteiger partial charge in [0.2, 0.25) is 0 Å². The lowest BCUT2D eigenvalue weighted by molar-refractivity contribution is -0.125. The van der Waals surface area contributed by atoms with Crippen LogP contribution in [0.25, 0.3) is 0 Å². The van der Waals surface area contributed by atoms with Crippen molar-refractivity contribution < 1.29 is 4.79 Å². The summed E-state index contributed by atoms with van der Waals surface area (Å²) < 4.78 is 2.96. The molecule has 0 aliphatic heterocycles. The van der Waals surface area contributed by atoms with Gasteiger partial charge in [-0.15, -0.1) is 0 Å². The number of carbonyl (C=O) groups excluding carboxylic acids is 1.